The third-order valence-electron chi connectivity index (χ3n) is 3.60. The first-order valence-electron chi connectivity index (χ1n) is 7.27. The minimum absolute atomic E-state index is 0.330. The van der Waals surface area contributed by atoms with Crippen molar-refractivity contribution in [2.75, 3.05) is 38.6 Å². The molecule has 3 heteroatoms. The molecule has 1 N–H and O–H groups in total. The summed E-state index contributed by atoms with van der Waals surface area (Å²) in [7, 11) is 2.18. The average Bonchev–Trinajstić information content (AvgIpc) is 2.38. The molecule has 1 atom stereocenters. The van der Waals surface area contributed by atoms with E-state index in [1.54, 1.807) is 0 Å². The van der Waals surface area contributed by atoms with Crippen LogP contribution in [-0.2, 0) is 11.2 Å². The molecule has 0 amide bonds. The Labute approximate surface area is 116 Å². The Hall–Kier alpha value is -1.06. The second kappa shape index (κ2) is 6.92. The number of para-hydroxylation sites is 1. The summed E-state index contributed by atoms with van der Waals surface area (Å²) >= 11 is 0. The predicted octanol–water partition coefficient (Wildman–Crippen LogP) is 2.63. The fourth-order valence-corrected chi connectivity index (χ4v) is 2.61. The van der Waals surface area contributed by atoms with Crippen LogP contribution in [0.5, 0.6) is 0 Å². The zero-order valence-corrected chi connectivity index (χ0v) is 12.4. The smallest absolute Gasteiger partial charge is 0.0596 e. The van der Waals surface area contributed by atoms with Gasteiger partial charge < -0.3 is 15.0 Å². The highest BCUT2D eigenvalue weighted by Crippen LogP contribution is 2.24. The van der Waals surface area contributed by atoms with Crippen molar-refractivity contribution < 1.29 is 4.74 Å². The largest absolute Gasteiger partial charge is 0.384 e. The van der Waals surface area contributed by atoms with Crippen LogP contribution in [0.25, 0.3) is 0 Å². The van der Waals surface area contributed by atoms with Gasteiger partial charge in [-0.1, -0.05) is 18.2 Å². The number of anilines is 1. The number of hydrogen-bond acceptors (Lipinski definition) is 3. The van der Waals surface area contributed by atoms with E-state index < -0.39 is 0 Å². The molecule has 1 aromatic carbocycles. The minimum Gasteiger partial charge on any atom is -0.384 e. The van der Waals surface area contributed by atoms with Crippen molar-refractivity contribution in [1.82, 2.24) is 4.90 Å². The number of hydrogen-bond donors (Lipinski definition) is 1. The molecular weight excluding hydrogens is 236 g/mol. The van der Waals surface area contributed by atoms with Crippen molar-refractivity contribution in [1.29, 1.82) is 0 Å². The predicted molar refractivity (Wildman–Crippen MR) is 80.7 cm³/mol. The molecule has 0 fully saturated rings. The van der Waals surface area contributed by atoms with Gasteiger partial charge in [0.2, 0.25) is 0 Å². The highest BCUT2D eigenvalue weighted by atomic mass is 16.5. The van der Waals surface area contributed by atoms with Crippen molar-refractivity contribution in [2.45, 2.75) is 26.4 Å². The van der Waals surface area contributed by atoms with E-state index in [-0.39, 0.29) is 0 Å². The van der Waals surface area contributed by atoms with Gasteiger partial charge in [0, 0.05) is 25.3 Å². The molecule has 1 aromatic rings. The summed E-state index contributed by atoms with van der Waals surface area (Å²) in [4.78, 5) is 2.38. The van der Waals surface area contributed by atoms with Gasteiger partial charge >= 0.3 is 0 Å². The first-order chi connectivity index (χ1) is 9.15. The summed E-state index contributed by atoms with van der Waals surface area (Å²) in [6.07, 6.45) is 1.51. The Morgan fingerprint density at radius 1 is 1.37 bits per heavy atom. The van der Waals surface area contributed by atoms with Crippen molar-refractivity contribution in [3.63, 3.8) is 0 Å². The number of benzene rings is 1. The SMILES string of the molecule is CC(C)OCCN(C)CC1CNc2ccccc2C1. The van der Waals surface area contributed by atoms with Crippen LogP contribution in [0.3, 0.4) is 0 Å². The monoisotopic (exact) mass is 262 g/mol. The maximum atomic E-state index is 5.60. The summed E-state index contributed by atoms with van der Waals surface area (Å²) in [5.74, 6) is 0.693. The van der Waals surface area contributed by atoms with E-state index in [1.165, 1.54) is 17.7 Å². The standard InChI is InChI=1S/C16H26N2O/c1-13(2)19-9-8-18(3)12-14-10-15-6-4-5-7-16(15)17-11-14/h4-7,13-14,17H,8-12H2,1-3H3. The minimum atomic E-state index is 0.330. The van der Waals surface area contributed by atoms with Gasteiger partial charge in [0.05, 0.1) is 12.7 Å². The van der Waals surface area contributed by atoms with Crippen LogP contribution in [0.2, 0.25) is 0 Å². The molecule has 1 aliphatic rings. The van der Waals surface area contributed by atoms with Crippen LogP contribution in [0.15, 0.2) is 24.3 Å². The maximum absolute atomic E-state index is 5.60. The van der Waals surface area contributed by atoms with Gasteiger partial charge in [0.15, 0.2) is 0 Å². The summed E-state index contributed by atoms with van der Waals surface area (Å²) < 4.78 is 5.60. The van der Waals surface area contributed by atoms with E-state index in [0.29, 0.717) is 12.0 Å². The lowest BCUT2D eigenvalue weighted by atomic mass is 9.93. The van der Waals surface area contributed by atoms with Crippen LogP contribution in [0.1, 0.15) is 19.4 Å². The van der Waals surface area contributed by atoms with Crippen LogP contribution in [0.4, 0.5) is 5.69 Å². The lowest BCUT2D eigenvalue weighted by Gasteiger charge is -2.29. The quantitative estimate of drug-likeness (QED) is 0.853. The van der Waals surface area contributed by atoms with Crippen LogP contribution < -0.4 is 5.32 Å². The molecule has 0 aliphatic carbocycles. The topological polar surface area (TPSA) is 24.5 Å². The molecular formula is C16H26N2O. The number of nitrogens with one attached hydrogen (secondary N) is 1. The Morgan fingerprint density at radius 3 is 2.95 bits per heavy atom. The first-order valence-corrected chi connectivity index (χ1v) is 7.27. The van der Waals surface area contributed by atoms with E-state index in [0.717, 1.165) is 26.2 Å². The summed E-state index contributed by atoms with van der Waals surface area (Å²) in [5, 5.41) is 3.53. The van der Waals surface area contributed by atoms with Crippen molar-refractivity contribution in [2.24, 2.45) is 5.92 Å². The van der Waals surface area contributed by atoms with E-state index >= 15 is 0 Å². The Kier molecular flexibility index (Phi) is 5.23. The molecule has 0 radical (unpaired) electrons. The Bertz CT molecular complexity index is 392. The lowest BCUT2D eigenvalue weighted by molar-refractivity contribution is 0.0614. The van der Waals surface area contributed by atoms with Crippen molar-refractivity contribution in [3.8, 4) is 0 Å². The third kappa shape index (κ3) is 4.51. The summed E-state index contributed by atoms with van der Waals surface area (Å²) in [6, 6.07) is 8.63. The molecule has 0 spiro atoms. The van der Waals surface area contributed by atoms with Gasteiger partial charge in [-0.3, -0.25) is 0 Å². The third-order valence-corrected chi connectivity index (χ3v) is 3.60. The van der Waals surface area contributed by atoms with E-state index in [2.05, 4.69) is 55.4 Å². The normalized spacial score (nSPS) is 18.5. The van der Waals surface area contributed by atoms with E-state index in [9.17, 15) is 0 Å². The molecule has 0 bridgehead atoms. The molecule has 1 aliphatic heterocycles. The van der Waals surface area contributed by atoms with Gasteiger partial charge in [-0.2, -0.15) is 0 Å². The molecule has 1 heterocycles. The Morgan fingerprint density at radius 2 is 2.16 bits per heavy atom. The van der Waals surface area contributed by atoms with E-state index in [4.69, 9.17) is 4.74 Å². The molecule has 0 aromatic heterocycles. The molecule has 3 nitrogen and oxygen atoms in total. The number of likely N-dealkylation sites (N-methyl/N-ethyl adjacent to an activating group) is 1. The molecule has 106 valence electrons. The fourth-order valence-electron chi connectivity index (χ4n) is 2.61. The zero-order valence-electron chi connectivity index (χ0n) is 12.4. The fraction of sp³-hybridized carbons (Fsp3) is 0.625. The van der Waals surface area contributed by atoms with Gasteiger partial charge in [-0.05, 0) is 44.9 Å². The van der Waals surface area contributed by atoms with Crippen LogP contribution >= 0.6 is 0 Å². The second-order valence-electron chi connectivity index (χ2n) is 5.79. The van der Waals surface area contributed by atoms with Crippen LogP contribution in [-0.4, -0.2) is 44.3 Å². The number of rotatable bonds is 6. The summed E-state index contributed by atoms with van der Waals surface area (Å²) in [5.41, 5.74) is 2.76. The highest BCUT2D eigenvalue weighted by molar-refractivity contribution is 5.53. The number of fused-ring (bicyclic) bond motifs is 1. The van der Waals surface area contributed by atoms with Gasteiger partial charge in [-0.15, -0.1) is 0 Å². The van der Waals surface area contributed by atoms with Crippen molar-refractivity contribution in [3.05, 3.63) is 29.8 Å². The van der Waals surface area contributed by atoms with E-state index in [1.807, 2.05) is 0 Å². The second-order valence-corrected chi connectivity index (χ2v) is 5.79. The molecule has 1 unspecified atom stereocenters. The Balaban J connectivity index is 1.75. The molecule has 0 saturated heterocycles. The highest BCUT2D eigenvalue weighted by Gasteiger charge is 2.18. The number of nitrogens with zero attached hydrogens (tertiary/aromatic N) is 1. The molecule has 0 saturated carbocycles. The average molecular weight is 262 g/mol. The van der Waals surface area contributed by atoms with Crippen LogP contribution in [0, 0.1) is 5.92 Å². The van der Waals surface area contributed by atoms with Gasteiger partial charge in [0.25, 0.3) is 0 Å². The molecule has 19 heavy (non-hydrogen) atoms. The van der Waals surface area contributed by atoms with Crippen molar-refractivity contribution >= 4 is 5.69 Å². The van der Waals surface area contributed by atoms with Gasteiger partial charge in [-0.25, -0.2) is 0 Å². The maximum Gasteiger partial charge on any atom is 0.0596 e. The first kappa shape index (κ1) is 14.4. The van der Waals surface area contributed by atoms with Gasteiger partial charge in [0.1, 0.15) is 0 Å². The lowest BCUT2D eigenvalue weighted by Crippen LogP contribution is -2.35. The number of ether oxygens (including phenoxy) is 1. The zero-order chi connectivity index (χ0) is 13.7. The summed E-state index contributed by atoms with van der Waals surface area (Å²) in [6.45, 7) is 8.21. The molecule has 2 rings (SSSR count).